The van der Waals surface area contributed by atoms with Crippen molar-refractivity contribution in [2.45, 2.75) is 44.2 Å². The van der Waals surface area contributed by atoms with Crippen molar-refractivity contribution in [2.24, 2.45) is 5.92 Å². The zero-order valence-electron chi connectivity index (χ0n) is 13.7. The molecule has 2 fully saturated rings. The van der Waals surface area contributed by atoms with Crippen molar-refractivity contribution >= 4 is 17.3 Å². The molecule has 5 heteroatoms. The van der Waals surface area contributed by atoms with Crippen LogP contribution in [0.1, 0.15) is 32.1 Å². The van der Waals surface area contributed by atoms with Gasteiger partial charge in [0.1, 0.15) is 12.4 Å². The van der Waals surface area contributed by atoms with Gasteiger partial charge in [0, 0.05) is 18.8 Å². The van der Waals surface area contributed by atoms with Crippen LogP contribution in [0, 0.1) is 5.92 Å². The van der Waals surface area contributed by atoms with E-state index in [9.17, 15) is 4.79 Å². The molecule has 23 heavy (non-hydrogen) atoms. The molecule has 4 rings (SSSR count). The van der Waals surface area contributed by atoms with Crippen molar-refractivity contribution in [1.82, 2.24) is 5.32 Å². The number of amides is 1. The summed E-state index contributed by atoms with van der Waals surface area (Å²) in [6.07, 6.45) is 6.07. The standard InChI is InChI=1S/C18H25N3O2/c1-21-8-9-23-17-7-6-13(11-16(17)21)19-18(22)15-10-12-4-2-3-5-14(12)20-15/h6-7,11-12,14-15,20H,2-5,8-10H2,1H3,(H,19,22). The zero-order chi connectivity index (χ0) is 15.8. The predicted molar refractivity (Wildman–Crippen MR) is 91.1 cm³/mol. The van der Waals surface area contributed by atoms with Gasteiger partial charge in [0.15, 0.2) is 0 Å². The summed E-state index contributed by atoms with van der Waals surface area (Å²) in [5.41, 5.74) is 1.89. The summed E-state index contributed by atoms with van der Waals surface area (Å²) >= 11 is 0. The maximum absolute atomic E-state index is 12.6. The molecule has 0 aromatic heterocycles. The van der Waals surface area contributed by atoms with Crippen molar-refractivity contribution in [3.8, 4) is 5.75 Å². The van der Waals surface area contributed by atoms with Crippen molar-refractivity contribution < 1.29 is 9.53 Å². The van der Waals surface area contributed by atoms with Gasteiger partial charge in [0.2, 0.25) is 5.91 Å². The van der Waals surface area contributed by atoms with Gasteiger partial charge in [-0.1, -0.05) is 12.8 Å². The highest BCUT2D eigenvalue weighted by Crippen LogP contribution is 2.35. The van der Waals surface area contributed by atoms with E-state index in [4.69, 9.17) is 4.74 Å². The molecule has 0 spiro atoms. The van der Waals surface area contributed by atoms with Crippen LogP contribution in [0.3, 0.4) is 0 Å². The fraction of sp³-hybridized carbons (Fsp3) is 0.611. The summed E-state index contributed by atoms with van der Waals surface area (Å²) in [6, 6.07) is 6.38. The maximum atomic E-state index is 12.6. The largest absolute Gasteiger partial charge is 0.490 e. The van der Waals surface area contributed by atoms with E-state index < -0.39 is 0 Å². The number of likely N-dealkylation sites (N-methyl/N-ethyl adjacent to an activating group) is 1. The Morgan fingerprint density at radius 3 is 3.09 bits per heavy atom. The SMILES string of the molecule is CN1CCOc2ccc(NC(=O)C3CC4CCCCC4N3)cc21. The first-order valence-corrected chi connectivity index (χ1v) is 8.75. The highest BCUT2D eigenvalue weighted by Gasteiger charge is 2.38. The van der Waals surface area contributed by atoms with Gasteiger partial charge < -0.3 is 20.3 Å². The Morgan fingerprint density at radius 1 is 1.35 bits per heavy atom. The van der Waals surface area contributed by atoms with Crippen LogP contribution >= 0.6 is 0 Å². The minimum atomic E-state index is -0.0480. The number of nitrogens with zero attached hydrogens (tertiary/aromatic N) is 1. The topological polar surface area (TPSA) is 53.6 Å². The van der Waals surface area contributed by atoms with Crippen LogP contribution in [0.15, 0.2) is 18.2 Å². The summed E-state index contributed by atoms with van der Waals surface area (Å²) in [5.74, 6) is 1.67. The monoisotopic (exact) mass is 315 g/mol. The number of fused-ring (bicyclic) bond motifs is 2. The second kappa shape index (κ2) is 6.04. The molecule has 3 aliphatic rings. The predicted octanol–water partition coefficient (Wildman–Crippen LogP) is 2.37. The van der Waals surface area contributed by atoms with Crippen LogP contribution in [0.4, 0.5) is 11.4 Å². The van der Waals surface area contributed by atoms with Crippen molar-refractivity contribution in [3.63, 3.8) is 0 Å². The molecule has 1 aliphatic carbocycles. The summed E-state index contributed by atoms with van der Waals surface area (Å²) in [5, 5.41) is 6.62. The van der Waals surface area contributed by atoms with Crippen LogP contribution in [0.2, 0.25) is 0 Å². The molecule has 5 nitrogen and oxygen atoms in total. The molecule has 0 bridgehead atoms. The number of rotatable bonds is 2. The van der Waals surface area contributed by atoms with E-state index in [1.54, 1.807) is 0 Å². The fourth-order valence-corrected chi connectivity index (χ4v) is 4.18. The first-order valence-electron chi connectivity index (χ1n) is 8.75. The third-order valence-corrected chi connectivity index (χ3v) is 5.50. The Bertz CT molecular complexity index is 590. The smallest absolute Gasteiger partial charge is 0.241 e. The quantitative estimate of drug-likeness (QED) is 0.880. The van der Waals surface area contributed by atoms with Crippen LogP contribution in [-0.4, -0.2) is 38.2 Å². The molecule has 1 saturated heterocycles. The van der Waals surface area contributed by atoms with Crippen LogP contribution in [0.25, 0.3) is 0 Å². The molecule has 1 amide bonds. The van der Waals surface area contributed by atoms with Crippen molar-refractivity contribution in [2.75, 3.05) is 30.4 Å². The lowest BCUT2D eigenvalue weighted by molar-refractivity contribution is -0.117. The number of benzene rings is 1. The fourth-order valence-electron chi connectivity index (χ4n) is 4.18. The van der Waals surface area contributed by atoms with Crippen LogP contribution in [0.5, 0.6) is 5.75 Å². The normalized spacial score (nSPS) is 29.4. The minimum absolute atomic E-state index is 0.0480. The second-order valence-corrected chi connectivity index (χ2v) is 7.05. The first-order chi connectivity index (χ1) is 11.2. The third-order valence-electron chi connectivity index (χ3n) is 5.50. The first kappa shape index (κ1) is 14.8. The Hall–Kier alpha value is -1.75. The van der Waals surface area contributed by atoms with E-state index >= 15 is 0 Å². The molecule has 124 valence electrons. The van der Waals surface area contributed by atoms with E-state index in [0.717, 1.165) is 30.1 Å². The number of carbonyl (C=O) groups excluding carboxylic acids is 1. The highest BCUT2D eigenvalue weighted by molar-refractivity contribution is 5.95. The third kappa shape index (κ3) is 2.90. The molecule has 2 N–H and O–H groups in total. The van der Waals surface area contributed by atoms with Gasteiger partial charge in [-0.25, -0.2) is 0 Å². The van der Waals surface area contributed by atoms with E-state index in [1.165, 1.54) is 25.7 Å². The Balaban J connectivity index is 1.44. The summed E-state index contributed by atoms with van der Waals surface area (Å²) < 4.78 is 5.65. The highest BCUT2D eigenvalue weighted by atomic mass is 16.5. The van der Waals surface area contributed by atoms with Crippen molar-refractivity contribution in [1.29, 1.82) is 0 Å². The summed E-state index contributed by atoms with van der Waals surface area (Å²) in [4.78, 5) is 14.8. The average molecular weight is 315 g/mol. The lowest BCUT2D eigenvalue weighted by atomic mass is 9.85. The molecule has 1 aromatic carbocycles. The van der Waals surface area contributed by atoms with E-state index in [1.807, 2.05) is 18.2 Å². The van der Waals surface area contributed by atoms with Gasteiger partial charge in [0.05, 0.1) is 18.3 Å². The summed E-state index contributed by atoms with van der Waals surface area (Å²) in [6.45, 7) is 1.59. The summed E-state index contributed by atoms with van der Waals surface area (Å²) in [7, 11) is 2.05. The van der Waals surface area contributed by atoms with Gasteiger partial charge in [-0.2, -0.15) is 0 Å². The number of anilines is 2. The van der Waals surface area contributed by atoms with Gasteiger partial charge in [0.25, 0.3) is 0 Å². The molecule has 1 aromatic rings. The maximum Gasteiger partial charge on any atom is 0.241 e. The molecule has 1 saturated carbocycles. The Kier molecular flexibility index (Phi) is 3.89. The van der Waals surface area contributed by atoms with E-state index in [-0.39, 0.29) is 11.9 Å². The van der Waals surface area contributed by atoms with E-state index in [0.29, 0.717) is 18.6 Å². The molecule has 0 radical (unpaired) electrons. The average Bonchev–Trinajstić information content (AvgIpc) is 3.00. The van der Waals surface area contributed by atoms with Gasteiger partial charge in [-0.15, -0.1) is 0 Å². The molecule has 3 atom stereocenters. The lowest BCUT2D eigenvalue weighted by Gasteiger charge is -2.28. The number of nitrogens with one attached hydrogen (secondary N) is 2. The van der Waals surface area contributed by atoms with Crippen molar-refractivity contribution in [3.05, 3.63) is 18.2 Å². The number of hydrogen-bond acceptors (Lipinski definition) is 4. The lowest BCUT2D eigenvalue weighted by Crippen LogP contribution is -2.40. The van der Waals surface area contributed by atoms with Gasteiger partial charge >= 0.3 is 0 Å². The molecular weight excluding hydrogens is 290 g/mol. The minimum Gasteiger partial charge on any atom is -0.490 e. The van der Waals surface area contributed by atoms with Gasteiger partial charge in [-0.05, 0) is 43.4 Å². The molecule has 3 unspecified atom stereocenters. The molecular formula is C18H25N3O2. The van der Waals surface area contributed by atoms with E-state index in [2.05, 4.69) is 22.6 Å². The van der Waals surface area contributed by atoms with Crippen LogP contribution in [-0.2, 0) is 4.79 Å². The molecule has 2 heterocycles. The number of ether oxygens (including phenoxy) is 1. The Morgan fingerprint density at radius 2 is 2.22 bits per heavy atom. The molecule has 2 aliphatic heterocycles. The van der Waals surface area contributed by atoms with Crippen LogP contribution < -0.4 is 20.3 Å². The Labute approximate surface area is 137 Å². The zero-order valence-corrected chi connectivity index (χ0v) is 13.7. The second-order valence-electron chi connectivity index (χ2n) is 7.05. The number of carbonyl (C=O) groups is 1. The number of hydrogen-bond donors (Lipinski definition) is 2. The van der Waals surface area contributed by atoms with Gasteiger partial charge in [-0.3, -0.25) is 4.79 Å².